The van der Waals surface area contributed by atoms with Crippen LogP contribution in [0.5, 0.6) is 0 Å². The Hall–Kier alpha value is -2.43. The van der Waals surface area contributed by atoms with Crippen molar-refractivity contribution >= 4 is 11.6 Å². The van der Waals surface area contributed by atoms with Gasteiger partial charge in [-0.15, -0.1) is 0 Å². The van der Waals surface area contributed by atoms with Gasteiger partial charge >= 0.3 is 0 Å². The van der Waals surface area contributed by atoms with Crippen LogP contribution in [0.3, 0.4) is 0 Å². The van der Waals surface area contributed by atoms with Gasteiger partial charge in [-0.25, -0.2) is 8.78 Å². The van der Waals surface area contributed by atoms with E-state index in [9.17, 15) is 13.6 Å². The zero-order chi connectivity index (χ0) is 17.3. The maximum Gasteiger partial charge on any atom is 0.254 e. The van der Waals surface area contributed by atoms with Crippen molar-refractivity contribution in [2.24, 2.45) is 0 Å². The van der Waals surface area contributed by atoms with Crippen molar-refractivity contribution in [2.75, 3.05) is 31.1 Å². The second-order valence-corrected chi connectivity index (χ2v) is 6.16. The number of hydrogen-bond acceptors (Lipinski definition) is 2. The lowest BCUT2D eigenvalue weighted by Gasteiger charge is -2.37. The predicted molar refractivity (Wildman–Crippen MR) is 90.4 cm³/mol. The molecule has 3 rings (SSSR count). The second kappa shape index (κ2) is 6.59. The summed E-state index contributed by atoms with van der Waals surface area (Å²) in [5.41, 5.74) is 3.72. The van der Waals surface area contributed by atoms with Crippen LogP contribution >= 0.6 is 0 Å². The van der Waals surface area contributed by atoms with Gasteiger partial charge in [-0.3, -0.25) is 4.79 Å². The number of nitrogens with zero attached hydrogens (tertiary/aromatic N) is 2. The van der Waals surface area contributed by atoms with Crippen molar-refractivity contribution in [2.45, 2.75) is 13.8 Å². The fourth-order valence-electron chi connectivity index (χ4n) is 3.09. The van der Waals surface area contributed by atoms with Crippen LogP contribution in [-0.4, -0.2) is 37.0 Å². The molecule has 0 spiro atoms. The summed E-state index contributed by atoms with van der Waals surface area (Å²) in [6, 6.07) is 9.14. The predicted octanol–water partition coefficient (Wildman–Crippen LogP) is 3.54. The van der Waals surface area contributed by atoms with E-state index in [-0.39, 0.29) is 11.5 Å². The molecule has 0 unspecified atom stereocenters. The van der Waals surface area contributed by atoms with Gasteiger partial charge in [0.2, 0.25) is 0 Å². The summed E-state index contributed by atoms with van der Waals surface area (Å²) in [7, 11) is 0. The molecule has 2 aromatic carbocycles. The number of rotatable bonds is 2. The van der Waals surface area contributed by atoms with Crippen LogP contribution in [0.15, 0.2) is 36.4 Å². The lowest BCUT2D eigenvalue weighted by molar-refractivity contribution is 0.0745. The van der Waals surface area contributed by atoms with E-state index in [1.165, 1.54) is 16.8 Å². The van der Waals surface area contributed by atoms with E-state index in [2.05, 4.69) is 30.9 Å². The highest BCUT2D eigenvalue weighted by atomic mass is 19.1. The van der Waals surface area contributed by atoms with Gasteiger partial charge in [0.1, 0.15) is 11.6 Å². The Morgan fingerprint density at radius 3 is 2.21 bits per heavy atom. The highest BCUT2D eigenvalue weighted by Gasteiger charge is 2.23. The van der Waals surface area contributed by atoms with Gasteiger partial charge < -0.3 is 9.80 Å². The third kappa shape index (κ3) is 3.25. The first kappa shape index (κ1) is 16.4. The van der Waals surface area contributed by atoms with E-state index in [0.717, 1.165) is 18.2 Å². The minimum absolute atomic E-state index is 0.0627. The average Bonchev–Trinajstić information content (AvgIpc) is 2.56. The van der Waals surface area contributed by atoms with Gasteiger partial charge in [0.05, 0.1) is 0 Å². The molecule has 1 aliphatic rings. The summed E-state index contributed by atoms with van der Waals surface area (Å²) in [4.78, 5) is 16.3. The SMILES string of the molecule is Cc1cccc(N2CCN(C(=O)c3cc(F)cc(F)c3)CC2)c1C. The summed E-state index contributed by atoms with van der Waals surface area (Å²) in [5.74, 6) is -1.78. The zero-order valence-corrected chi connectivity index (χ0v) is 13.9. The Labute approximate surface area is 140 Å². The molecule has 0 atom stereocenters. The molecule has 1 amide bonds. The quantitative estimate of drug-likeness (QED) is 0.841. The first-order valence-electron chi connectivity index (χ1n) is 8.02. The number of hydrogen-bond donors (Lipinski definition) is 0. The number of benzene rings is 2. The molecule has 0 radical (unpaired) electrons. The first-order chi connectivity index (χ1) is 11.5. The second-order valence-electron chi connectivity index (χ2n) is 6.16. The average molecular weight is 330 g/mol. The van der Waals surface area contributed by atoms with Crippen molar-refractivity contribution in [3.8, 4) is 0 Å². The fraction of sp³-hybridized carbons (Fsp3) is 0.316. The van der Waals surface area contributed by atoms with E-state index < -0.39 is 11.6 Å². The van der Waals surface area contributed by atoms with E-state index in [4.69, 9.17) is 0 Å². The summed E-state index contributed by atoms with van der Waals surface area (Å²) in [5, 5.41) is 0. The lowest BCUT2D eigenvalue weighted by atomic mass is 10.1. The molecule has 0 aromatic heterocycles. The van der Waals surface area contributed by atoms with Crippen LogP contribution in [0.2, 0.25) is 0 Å². The summed E-state index contributed by atoms with van der Waals surface area (Å²) < 4.78 is 26.6. The molecule has 1 aliphatic heterocycles. The lowest BCUT2D eigenvalue weighted by Crippen LogP contribution is -2.49. The molecule has 24 heavy (non-hydrogen) atoms. The molecule has 2 aromatic rings. The highest BCUT2D eigenvalue weighted by molar-refractivity contribution is 5.94. The van der Waals surface area contributed by atoms with Crippen LogP contribution in [0, 0.1) is 25.5 Å². The largest absolute Gasteiger partial charge is 0.368 e. The monoisotopic (exact) mass is 330 g/mol. The number of piperazine rings is 1. The molecule has 5 heteroatoms. The Morgan fingerprint density at radius 2 is 1.58 bits per heavy atom. The van der Waals surface area contributed by atoms with Gasteiger partial charge in [-0.1, -0.05) is 12.1 Å². The number of carbonyl (C=O) groups excluding carboxylic acids is 1. The van der Waals surface area contributed by atoms with Gasteiger partial charge in [0.15, 0.2) is 0 Å². The molecular weight excluding hydrogens is 310 g/mol. The third-order valence-electron chi connectivity index (χ3n) is 4.59. The first-order valence-corrected chi connectivity index (χ1v) is 8.02. The maximum atomic E-state index is 13.3. The number of carbonyl (C=O) groups is 1. The summed E-state index contributed by atoms with van der Waals surface area (Å²) in [6.07, 6.45) is 0. The van der Waals surface area contributed by atoms with Crippen LogP contribution in [0.25, 0.3) is 0 Å². The van der Waals surface area contributed by atoms with Crippen molar-refractivity contribution in [3.63, 3.8) is 0 Å². The van der Waals surface area contributed by atoms with E-state index in [0.29, 0.717) is 26.2 Å². The molecule has 0 saturated carbocycles. The van der Waals surface area contributed by atoms with Crippen molar-refractivity contribution in [1.82, 2.24) is 4.90 Å². The van der Waals surface area contributed by atoms with Gasteiger partial charge in [-0.05, 0) is 43.2 Å². The Bertz CT molecular complexity index is 748. The molecule has 3 nitrogen and oxygen atoms in total. The van der Waals surface area contributed by atoms with Crippen LogP contribution < -0.4 is 4.90 Å². The molecule has 126 valence electrons. The number of halogens is 2. The van der Waals surface area contributed by atoms with E-state index in [1.807, 2.05) is 6.07 Å². The Kier molecular flexibility index (Phi) is 4.51. The maximum absolute atomic E-state index is 13.3. The molecule has 1 fully saturated rings. The number of anilines is 1. The van der Waals surface area contributed by atoms with E-state index in [1.54, 1.807) is 4.90 Å². The molecule has 0 aliphatic carbocycles. The number of amides is 1. The third-order valence-corrected chi connectivity index (χ3v) is 4.59. The zero-order valence-electron chi connectivity index (χ0n) is 13.9. The van der Waals surface area contributed by atoms with Crippen molar-refractivity contribution < 1.29 is 13.6 Å². The minimum atomic E-state index is -0.729. The fourth-order valence-corrected chi connectivity index (χ4v) is 3.09. The molecule has 0 N–H and O–H groups in total. The standard InChI is InChI=1S/C19H20F2N2O/c1-13-4-3-5-18(14(13)2)22-6-8-23(9-7-22)19(24)15-10-16(20)12-17(21)11-15/h3-5,10-12H,6-9H2,1-2H3. The van der Waals surface area contributed by atoms with Gasteiger partial charge in [-0.2, -0.15) is 0 Å². The van der Waals surface area contributed by atoms with Crippen molar-refractivity contribution in [1.29, 1.82) is 0 Å². The highest BCUT2D eigenvalue weighted by Crippen LogP contribution is 2.24. The summed E-state index contributed by atoms with van der Waals surface area (Å²) in [6.45, 7) is 6.64. The molecular formula is C19H20F2N2O. The Balaban J connectivity index is 1.70. The van der Waals surface area contributed by atoms with Crippen molar-refractivity contribution in [3.05, 3.63) is 64.7 Å². The minimum Gasteiger partial charge on any atom is -0.368 e. The topological polar surface area (TPSA) is 23.6 Å². The van der Waals surface area contributed by atoms with Crippen LogP contribution in [-0.2, 0) is 0 Å². The molecule has 0 bridgehead atoms. The molecule has 1 saturated heterocycles. The van der Waals surface area contributed by atoms with E-state index >= 15 is 0 Å². The van der Waals surface area contributed by atoms with Gasteiger partial charge in [0, 0.05) is 43.5 Å². The Morgan fingerprint density at radius 1 is 0.958 bits per heavy atom. The smallest absolute Gasteiger partial charge is 0.254 e. The molecule has 1 heterocycles. The summed E-state index contributed by atoms with van der Waals surface area (Å²) >= 11 is 0. The van der Waals surface area contributed by atoms with Gasteiger partial charge in [0.25, 0.3) is 5.91 Å². The number of aryl methyl sites for hydroxylation is 1. The van der Waals surface area contributed by atoms with Crippen LogP contribution in [0.4, 0.5) is 14.5 Å². The normalized spacial score (nSPS) is 14.8. The van der Waals surface area contributed by atoms with Crippen LogP contribution in [0.1, 0.15) is 21.5 Å².